The molecule has 0 bridgehead atoms. The number of thioether (sulfide) groups is 1. The Morgan fingerprint density at radius 2 is 1.67 bits per heavy atom. The second-order valence-corrected chi connectivity index (χ2v) is 6.91. The number of anilines is 1. The molecule has 4 aromatic rings. The van der Waals surface area contributed by atoms with Gasteiger partial charge < -0.3 is 9.73 Å². The summed E-state index contributed by atoms with van der Waals surface area (Å²) >= 11 is 1.23. The van der Waals surface area contributed by atoms with Gasteiger partial charge in [0.2, 0.25) is 5.91 Å². The number of aromatic nitrogens is 1. The highest BCUT2D eigenvalue weighted by Crippen LogP contribution is 2.37. The lowest BCUT2D eigenvalue weighted by Crippen LogP contribution is -2.19. The quantitative estimate of drug-likeness (QED) is 0.470. The molecule has 6 heteroatoms. The minimum atomic E-state index is -0.565. The zero-order valence-electron chi connectivity index (χ0n) is 14.1. The molecule has 134 valence electrons. The Balaban J connectivity index is 1.62. The second kappa shape index (κ2) is 7.63. The Morgan fingerprint density at radius 1 is 0.963 bits per heavy atom. The Bertz CT molecular complexity index is 1030. The van der Waals surface area contributed by atoms with Gasteiger partial charge in [-0.3, -0.25) is 4.79 Å². The smallest absolute Gasteiger partial charge is 0.257 e. The fourth-order valence-electron chi connectivity index (χ4n) is 2.64. The summed E-state index contributed by atoms with van der Waals surface area (Å²) in [7, 11) is 0. The summed E-state index contributed by atoms with van der Waals surface area (Å²) in [5.41, 5.74) is 2.77. The monoisotopic (exact) mass is 378 g/mol. The Kier molecular flexibility index (Phi) is 4.89. The van der Waals surface area contributed by atoms with Crippen molar-refractivity contribution < 1.29 is 13.6 Å². The van der Waals surface area contributed by atoms with Gasteiger partial charge in [0.25, 0.3) is 5.22 Å². The summed E-state index contributed by atoms with van der Waals surface area (Å²) < 4.78 is 18.9. The number of oxazole rings is 1. The maximum Gasteiger partial charge on any atom is 0.257 e. The summed E-state index contributed by atoms with van der Waals surface area (Å²) in [4.78, 5) is 17.4. The highest BCUT2D eigenvalue weighted by atomic mass is 32.2. The minimum absolute atomic E-state index is 0.236. The summed E-state index contributed by atoms with van der Waals surface area (Å²) in [5, 5.41) is 2.68. The number of nitrogens with one attached hydrogen (secondary N) is 1. The van der Waals surface area contributed by atoms with Gasteiger partial charge in [-0.05, 0) is 53.7 Å². The standard InChI is InChI=1S/C21H15FN2O2S/c22-15-10-12-16(13-11-15)23-20(25)19(14-6-2-1-3-7-14)27-21-24-17-8-4-5-9-18(17)26-21/h1-13,19H,(H,23,25). The van der Waals surface area contributed by atoms with Crippen LogP contribution in [0, 0.1) is 5.82 Å². The first-order valence-corrected chi connectivity index (χ1v) is 9.20. The summed E-state index contributed by atoms with van der Waals surface area (Å²) in [6.45, 7) is 0. The van der Waals surface area contributed by atoms with Crippen LogP contribution < -0.4 is 5.32 Å². The molecular weight excluding hydrogens is 363 g/mol. The molecule has 3 aromatic carbocycles. The van der Waals surface area contributed by atoms with Gasteiger partial charge in [0, 0.05) is 5.69 Å². The van der Waals surface area contributed by atoms with Crippen molar-refractivity contribution in [1.29, 1.82) is 0 Å². The van der Waals surface area contributed by atoms with E-state index in [9.17, 15) is 9.18 Å². The number of carbonyl (C=O) groups is 1. The number of carbonyl (C=O) groups excluding carboxylic acids is 1. The number of rotatable bonds is 5. The molecule has 1 N–H and O–H groups in total. The van der Waals surface area contributed by atoms with E-state index in [1.54, 1.807) is 0 Å². The highest BCUT2D eigenvalue weighted by molar-refractivity contribution is 8.00. The maximum absolute atomic E-state index is 13.1. The first kappa shape index (κ1) is 17.3. The van der Waals surface area contributed by atoms with E-state index in [4.69, 9.17) is 4.42 Å². The van der Waals surface area contributed by atoms with Crippen LogP contribution in [-0.2, 0) is 4.79 Å². The molecule has 1 heterocycles. The van der Waals surface area contributed by atoms with E-state index < -0.39 is 5.25 Å². The molecule has 1 atom stereocenters. The number of amides is 1. The fourth-order valence-corrected chi connectivity index (χ4v) is 3.59. The van der Waals surface area contributed by atoms with E-state index >= 15 is 0 Å². The van der Waals surface area contributed by atoms with Gasteiger partial charge >= 0.3 is 0 Å². The summed E-state index contributed by atoms with van der Waals surface area (Å²) in [6.07, 6.45) is 0. The number of halogens is 1. The van der Waals surface area contributed by atoms with Crippen LogP contribution in [0.5, 0.6) is 0 Å². The van der Waals surface area contributed by atoms with E-state index in [0.29, 0.717) is 16.5 Å². The van der Waals surface area contributed by atoms with Crippen molar-refractivity contribution in [2.45, 2.75) is 10.5 Å². The first-order valence-electron chi connectivity index (χ1n) is 8.33. The molecule has 0 aliphatic carbocycles. The third kappa shape index (κ3) is 4.01. The molecule has 1 unspecified atom stereocenters. The van der Waals surface area contributed by atoms with E-state index in [0.717, 1.165) is 11.1 Å². The molecule has 0 spiro atoms. The van der Waals surface area contributed by atoms with Crippen molar-refractivity contribution in [3.8, 4) is 0 Å². The molecule has 4 nitrogen and oxygen atoms in total. The van der Waals surface area contributed by atoms with Crippen molar-refractivity contribution >= 4 is 34.5 Å². The number of hydrogen-bond donors (Lipinski definition) is 1. The summed E-state index contributed by atoms with van der Waals surface area (Å²) in [5.74, 6) is -0.589. The lowest BCUT2D eigenvalue weighted by molar-refractivity contribution is -0.115. The molecule has 0 saturated heterocycles. The van der Waals surface area contributed by atoms with Crippen molar-refractivity contribution in [2.75, 3.05) is 5.32 Å². The largest absolute Gasteiger partial charge is 0.431 e. The van der Waals surface area contributed by atoms with Gasteiger partial charge in [-0.25, -0.2) is 9.37 Å². The number of benzene rings is 3. The van der Waals surface area contributed by atoms with Crippen LogP contribution in [0.3, 0.4) is 0 Å². The van der Waals surface area contributed by atoms with E-state index in [2.05, 4.69) is 10.3 Å². The number of para-hydroxylation sites is 2. The van der Waals surface area contributed by atoms with Crippen molar-refractivity contribution in [2.24, 2.45) is 0 Å². The lowest BCUT2D eigenvalue weighted by atomic mass is 10.1. The van der Waals surface area contributed by atoms with Gasteiger partial charge in [0.1, 0.15) is 16.6 Å². The Hall–Kier alpha value is -3.12. The molecule has 27 heavy (non-hydrogen) atoms. The lowest BCUT2D eigenvalue weighted by Gasteiger charge is -2.15. The molecule has 0 radical (unpaired) electrons. The predicted molar refractivity (Wildman–Crippen MR) is 104 cm³/mol. The van der Waals surface area contributed by atoms with Crippen LogP contribution in [0.15, 0.2) is 88.5 Å². The second-order valence-electron chi connectivity index (χ2n) is 5.85. The maximum atomic E-state index is 13.1. The zero-order valence-corrected chi connectivity index (χ0v) is 14.9. The summed E-state index contributed by atoms with van der Waals surface area (Å²) in [6, 6.07) is 22.5. The van der Waals surface area contributed by atoms with Crippen LogP contribution in [0.25, 0.3) is 11.1 Å². The van der Waals surface area contributed by atoms with Crippen LogP contribution in [0.1, 0.15) is 10.8 Å². The molecule has 1 aromatic heterocycles. The van der Waals surface area contributed by atoms with Gasteiger partial charge in [-0.1, -0.05) is 42.5 Å². The van der Waals surface area contributed by atoms with Crippen molar-refractivity contribution in [3.05, 3.63) is 90.2 Å². The van der Waals surface area contributed by atoms with E-state index in [-0.39, 0.29) is 11.7 Å². The SMILES string of the molecule is O=C(Nc1ccc(F)cc1)C(Sc1nc2ccccc2o1)c1ccccc1. The first-order chi connectivity index (χ1) is 13.2. The topological polar surface area (TPSA) is 55.1 Å². The molecule has 1 amide bonds. The van der Waals surface area contributed by atoms with Gasteiger partial charge in [0.05, 0.1) is 0 Å². The van der Waals surface area contributed by atoms with Crippen LogP contribution in [-0.4, -0.2) is 10.9 Å². The van der Waals surface area contributed by atoms with Gasteiger partial charge in [0.15, 0.2) is 5.58 Å². The van der Waals surface area contributed by atoms with Gasteiger partial charge in [-0.15, -0.1) is 0 Å². The van der Waals surface area contributed by atoms with Gasteiger partial charge in [-0.2, -0.15) is 0 Å². The normalized spacial score (nSPS) is 12.0. The average Bonchev–Trinajstić information content (AvgIpc) is 3.11. The Labute approximate surface area is 159 Å². The Morgan fingerprint density at radius 3 is 2.41 bits per heavy atom. The van der Waals surface area contributed by atoms with E-state index in [1.807, 2.05) is 54.6 Å². The number of hydrogen-bond acceptors (Lipinski definition) is 4. The number of nitrogens with zero attached hydrogens (tertiary/aromatic N) is 1. The van der Waals surface area contributed by atoms with Crippen LogP contribution in [0.4, 0.5) is 10.1 Å². The third-order valence-corrected chi connectivity index (χ3v) is 5.04. The average molecular weight is 378 g/mol. The molecule has 0 aliphatic heterocycles. The van der Waals surface area contributed by atoms with Crippen LogP contribution >= 0.6 is 11.8 Å². The van der Waals surface area contributed by atoms with Crippen molar-refractivity contribution in [1.82, 2.24) is 4.98 Å². The molecule has 0 fully saturated rings. The zero-order chi connectivity index (χ0) is 18.6. The third-order valence-electron chi connectivity index (χ3n) is 3.95. The van der Waals surface area contributed by atoms with Crippen molar-refractivity contribution in [3.63, 3.8) is 0 Å². The predicted octanol–water partition coefficient (Wildman–Crippen LogP) is 5.44. The van der Waals surface area contributed by atoms with Crippen LogP contribution in [0.2, 0.25) is 0 Å². The highest BCUT2D eigenvalue weighted by Gasteiger charge is 2.24. The molecular formula is C21H15FN2O2S. The van der Waals surface area contributed by atoms with E-state index in [1.165, 1.54) is 36.0 Å². The molecule has 4 rings (SSSR count). The molecule has 0 saturated carbocycles. The fraction of sp³-hybridized carbons (Fsp3) is 0.0476. The number of fused-ring (bicyclic) bond motifs is 1. The molecule has 0 aliphatic rings. The minimum Gasteiger partial charge on any atom is -0.431 e.